The van der Waals surface area contributed by atoms with Crippen LogP contribution in [-0.2, 0) is 27.1 Å². The van der Waals surface area contributed by atoms with Crippen molar-refractivity contribution in [3.05, 3.63) is 58.7 Å². The highest BCUT2D eigenvalue weighted by molar-refractivity contribution is 7.00. The molecule has 7 heteroatoms. The molecular weight excluding hydrogens is 388 g/mol. The fourth-order valence-corrected chi connectivity index (χ4v) is 3.91. The van der Waals surface area contributed by atoms with Gasteiger partial charge in [-0.05, 0) is 60.7 Å². The zero-order chi connectivity index (χ0) is 20.8. The second-order valence-corrected chi connectivity index (χ2v) is 7.27. The summed E-state index contributed by atoms with van der Waals surface area (Å²) >= 11 is 1.15. The van der Waals surface area contributed by atoms with Crippen LogP contribution in [0.2, 0.25) is 0 Å². The van der Waals surface area contributed by atoms with E-state index in [9.17, 15) is 9.59 Å². The Morgan fingerprint density at radius 3 is 2.55 bits per heavy atom. The van der Waals surface area contributed by atoms with E-state index >= 15 is 0 Å². The molecule has 1 heterocycles. The van der Waals surface area contributed by atoms with Crippen LogP contribution in [0.15, 0.2) is 36.4 Å². The Hall–Kier alpha value is -2.80. The Kier molecular flexibility index (Phi) is 6.93. The molecule has 2 aromatic carbocycles. The van der Waals surface area contributed by atoms with Crippen molar-refractivity contribution in [1.82, 2.24) is 8.75 Å². The maximum atomic E-state index is 12.8. The van der Waals surface area contributed by atoms with Crippen molar-refractivity contribution in [2.24, 2.45) is 0 Å². The van der Waals surface area contributed by atoms with Crippen molar-refractivity contribution in [2.75, 3.05) is 13.7 Å². The molecule has 29 heavy (non-hydrogen) atoms. The van der Waals surface area contributed by atoms with Crippen molar-refractivity contribution in [2.45, 2.75) is 39.0 Å². The third-order valence-electron chi connectivity index (χ3n) is 4.82. The van der Waals surface area contributed by atoms with Crippen LogP contribution in [0.4, 0.5) is 0 Å². The molecule has 0 N–H and O–H groups in total. The summed E-state index contributed by atoms with van der Waals surface area (Å²) in [4.78, 5) is 24.7. The van der Waals surface area contributed by atoms with Gasteiger partial charge in [-0.15, -0.1) is 0 Å². The molecule has 0 aliphatic carbocycles. The summed E-state index contributed by atoms with van der Waals surface area (Å²) in [5, 5.41) is 0. The first-order valence-electron chi connectivity index (χ1n) is 9.66. The lowest BCUT2D eigenvalue weighted by atomic mass is 9.88. The standard InChI is InChI=1S/C22H24N2O4S/c1-4-6-14-11-17(21(25)27-3)8-7-15(14)12-18(22(26)28-5-2)16-9-10-19-20(13-16)24-29-23-19/h7-11,13,18H,4-6,12H2,1-3H3. The number of carbonyl (C=O) groups excluding carboxylic acids is 2. The summed E-state index contributed by atoms with van der Waals surface area (Å²) < 4.78 is 18.7. The number of hydrogen-bond acceptors (Lipinski definition) is 7. The number of ether oxygens (including phenoxy) is 2. The van der Waals surface area contributed by atoms with Crippen LogP contribution in [-0.4, -0.2) is 34.4 Å². The maximum Gasteiger partial charge on any atom is 0.337 e. The summed E-state index contributed by atoms with van der Waals surface area (Å²) in [6.45, 7) is 4.20. The Morgan fingerprint density at radius 2 is 1.83 bits per heavy atom. The number of hydrogen-bond donors (Lipinski definition) is 0. The van der Waals surface area contributed by atoms with Crippen LogP contribution in [0.25, 0.3) is 11.0 Å². The quantitative estimate of drug-likeness (QED) is 0.513. The zero-order valence-corrected chi connectivity index (χ0v) is 17.6. The molecule has 1 aromatic heterocycles. The highest BCUT2D eigenvalue weighted by Crippen LogP contribution is 2.28. The molecule has 0 amide bonds. The number of methoxy groups -OCH3 is 1. The average molecular weight is 413 g/mol. The van der Waals surface area contributed by atoms with Crippen LogP contribution in [0.1, 0.15) is 53.2 Å². The lowest BCUT2D eigenvalue weighted by Crippen LogP contribution is -2.19. The first-order chi connectivity index (χ1) is 14.1. The van der Waals surface area contributed by atoms with Crippen molar-refractivity contribution >= 4 is 34.7 Å². The summed E-state index contributed by atoms with van der Waals surface area (Å²) in [7, 11) is 1.37. The topological polar surface area (TPSA) is 78.4 Å². The first kappa shape index (κ1) is 20.9. The normalized spacial score (nSPS) is 12.0. The van der Waals surface area contributed by atoms with Crippen LogP contribution in [0, 0.1) is 0 Å². The van der Waals surface area contributed by atoms with Crippen molar-refractivity contribution in [1.29, 1.82) is 0 Å². The zero-order valence-electron chi connectivity index (χ0n) is 16.8. The van der Waals surface area contributed by atoms with E-state index in [2.05, 4.69) is 15.7 Å². The molecule has 0 spiro atoms. The minimum absolute atomic E-state index is 0.269. The molecule has 6 nitrogen and oxygen atoms in total. The van der Waals surface area contributed by atoms with Gasteiger partial charge in [-0.3, -0.25) is 4.79 Å². The largest absolute Gasteiger partial charge is 0.466 e. The Labute approximate surface area is 174 Å². The summed E-state index contributed by atoms with van der Waals surface area (Å²) in [6.07, 6.45) is 2.22. The molecular formula is C22H24N2O4S. The van der Waals surface area contributed by atoms with Gasteiger partial charge in [0.2, 0.25) is 0 Å². The molecule has 152 valence electrons. The summed E-state index contributed by atoms with van der Waals surface area (Å²) in [6, 6.07) is 11.2. The molecule has 0 aliphatic rings. The van der Waals surface area contributed by atoms with E-state index < -0.39 is 5.92 Å². The second-order valence-electron chi connectivity index (χ2n) is 6.75. The molecule has 0 saturated heterocycles. The SMILES string of the molecule is CCCc1cc(C(=O)OC)ccc1CC(C(=O)OCC)c1ccc2nsnc2c1. The second kappa shape index (κ2) is 9.60. The van der Waals surface area contributed by atoms with Crippen LogP contribution in [0.5, 0.6) is 0 Å². The Balaban J connectivity index is 1.98. The van der Waals surface area contributed by atoms with E-state index in [0.29, 0.717) is 18.6 Å². The first-order valence-corrected chi connectivity index (χ1v) is 10.4. The third-order valence-corrected chi connectivity index (χ3v) is 5.38. The molecule has 3 aromatic rings. The van der Waals surface area contributed by atoms with Gasteiger partial charge in [0, 0.05) is 0 Å². The highest BCUT2D eigenvalue weighted by Gasteiger charge is 2.25. The maximum absolute atomic E-state index is 12.8. The molecule has 0 aliphatic heterocycles. The molecule has 0 saturated carbocycles. The van der Waals surface area contributed by atoms with E-state index in [4.69, 9.17) is 9.47 Å². The molecule has 1 atom stereocenters. The fourth-order valence-electron chi connectivity index (χ4n) is 3.39. The average Bonchev–Trinajstić information content (AvgIpc) is 3.20. The minimum Gasteiger partial charge on any atom is -0.466 e. The van der Waals surface area contributed by atoms with Crippen molar-refractivity contribution in [3.8, 4) is 0 Å². The van der Waals surface area contributed by atoms with Crippen LogP contribution >= 0.6 is 11.7 Å². The molecule has 1 unspecified atom stereocenters. The van der Waals surface area contributed by atoms with Crippen LogP contribution in [0.3, 0.4) is 0 Å². The van der Waals surface area contributed by atoms with Gasteiger partial charge in [0.1, 0.15) is 11.0 Å². The smallest absolute Gasteiger partial charge is 0.337 e. The number of nitrogens with zero attached hydrogens (tertiary/aromatic N) is 2. The van der Waals surface area contributed by atoms with Crippen molar-refractivity contribution in [3.63, 3.8) is 0 Å². The van der Waals surface area contributed by atoms with E-state index in [1.807, 2.05) is 30.3 Å². The van der Waals surface area contributed by atoms with Gasteiger partial charge in [0.05, 0.1) is 36.9 Å². The monoisotopic (exact) mass is 412 g/mol. The van der Waals surface area contributed by atoms with Gasteiger partial charge in [-0.2, -0.15) is 8.75 Å². The highest BCUT2D eigenvalue weighted by atomic mass is 32.1. The van der Waals surface area contributed by atoms with Gasteiger partial charge in [0.25, 0.3) is 0 Å². The fraction of sp³-hybridized carbons (Fsp3) is 0.364. The lowest BCUT2D eigenvalue weighted by molar-refractivity contribution is -0.144. The van der Waals surface area contributed by atoms with Gasteiger partial charge < -0.3 is 9.47 Å². The van der Waals surface area contributed by atoms with Gasteiger partial charge in [-0.1, -0.05) is 25.5 Å². The molecule has 3 rings (SSSR count). The van der Waals surface area contributed by atoms with E-state index in [1.165, 1.54) is 7.11 Å². The predicted molar refractivity (Wildman–Crippen MR) is 112 cm³/mol. The Bertz CT molecular complexity index is 1010. The number of fused-ring (bicyclic) bond motifs is 1. The number of aromatic nitrogens is 2. The van der Waals surface area contributed by atoms with Gasteiger partial charge in [0.15, 0.2) is 0 Å². The number of carbonyl (C=O) groups is 2. The molecule has 0 fully saturated rings. The molecule has 0 radical (unpaired) electrons. The lowest BCUT2D eigenvalue weighted by Gasteiger charge is -2.18. The van der Waals surface area contributed by atoms with E-state index in [-0.39, 0.29) is 11.9 Å². The minimum atomic E-state index is -0.458. The summed E-state index contributed by atoms with van der Waals surface area (Å²) in [5.41, 5.74) is 5.02. The Morgan fingerprint density at radius 1 is 1.03 bits per heavy atom. The van der Waals surface area contributed by atoms with Gasteiger partial charge >= 0.3 is 11.9 Å². The number of aryl methyl sites for hydroxylation is 1. The number of rotatable bonds is 8. The third kappa shape index (κ3) is 4.79. The van der Waals surface area contributed by atoms with Crippen LogP contribution < -0.4 is 0 Å². The van der Waals surface area contributed by atoms with Crippen molar-refractivity contribution < 1.29 is 19.1 Å². The van der Waals surface area contributed by atoms with E-state index in [0.717, 1.165) is 52.3 Å². The molecule has 0 bridgehead atoms. The number of benzene rings is 2. The van der Waals surface area contributed by atoms with Gasteiger partial charge in [-0.25, -0.2) is 4.79 Å². The summed E-state index contributed by atoms with van der Waals surface area (Å²) in [5.74, 6) is -1.09. The predicted octanol–water partition coefficient (Wildman–Crippen LogP) is 4.32. The van der Waals surface area contributed by atoms with E-state index in [1.54, 1.807) is 13.0 Å². The number of esters is 2.